The first-order valence-corrected chi connectivity index (χ1v) is 27.7. The van der Waals surface area contributed by atoms with Gasteiger partial charge < -0.3 is 34.9 Å². The van der Waals surface area contributed by atoms with E-state index in [-0.39, 0.29) is 78.4 Å². The molecule has 3 aliphatic heterocycles. The molecule has 18 nitrogen and oxygen atoms in total. The highest BCUT2D eigenvalue weighted by Crippen LogP contribution is 2.31. The number of aromatic amines is 1. The van der Waals surface area contributed by atoms with E-state index in [1.54, 1.807) is 38.0 Å². The molecule has 1 unspecified atom stereocenters. The van der Waals surface area contributed by atoms with Crippen LogP contribution < -0.4 is 10.6 Å². The number of thiol groups is 1. The molecule has 5 rings (SSSR count). The van der Waals surface area contributed by atoms with Crippen LogP contribution in [0.5, 0.6) is 0 Å². The van der Waals surface area contributed by atoms with Crippen molar-refractivity contribution < 1.29 is 47.9 Å². The summed E-state index contributed by atoms with van der Waals surface area (Å²) in [5.74, 6) is -2.92. The van der Waals surface area contributed by atoms with Crippen molar-refractivity contribution in [2.24, 2.45) is 23.7 Å². The summed E-state index contributed by atoms with van der Waals surface area (Å²) in [6.45, 7) is 16.0. The Morgan fingerprint density at radius 1 is 0.892 bits per heavy atom. The third-order valence-electron chi connectivity index (χ3n) is 15.7. The number of benzene rings is 1. The van der Waals surface area contributed by atoms with Crippen LogP contribution in [0.2, 0.25) is 0 Å². The van der Waals surface area contributed by atoms with Crippen molar-refractivity contribution in [1.29, 1.82) is 0 Å². The molecule has 1 aromatic carbocycles. The molecular weight excluding hydrogens is 965 g/mol. The number of hydrogen-bond donors (Lipinski definition) is 4. The van der Waals surface area contributed by atoms with Crippen LogP contribution in [-0.4, -0.2) is 180 Å². The maximum Gasteiger partial charge on any atom is 0.269 e. The molecule has 4 heterocycles. The lowest BCUT2D eigenvalue weighted by Gasteiger charge is -2.41. The normalized spacial score (nSPS) is 20.7. The molecule has 19 heteroatoms. The molecular formula is C55H88N8O10S. The molecule has 0 bridgehead atoms. The SMILES string of the molecule is CC[C@H](C)[C@@H]([C@@H](CC(=O)N1CCC[C@H]1[C@H](OC)[C@@H](C)C(=O)N[C@@H](Cc1c[nH]c2ccccc12)C(=O)N1CCCCO1)OC)N(C)C(=O)[C@@H](NC(=O)[C@H](C(C)C)N(C)CCCCCCN1C(=O)CC(S)C1=O)C(C)C. The largest absolute Gasteiger partial charge is 0.379 e. The number of para-hydroxylation sites is 1. The summed E-state index contributed by atoms with van der Waals surface area (Å²) in [7, 11) is 6.74. The number of fused-ring (bicyclic) bond motifs is 1. The van der Waals surface area contributed by atoms with Crippen LogP contribution in [0.15, 0.2) is 30.5 Å². The van der Waals surface area contributed by atoms with Crippen molar-refractivity contribution in [2.45, 2.75) is 173 Å². The number of H-pyrrole nitrogens is 1. The van der Waals surface area contributed by atoms with E-state index in [1.807, 2.05) is 84.0 Å². The summed E-state index contributed by atoms with van der Waals surface area (Å²) < 4.78 is 12.2. The van der Waals surface area contributed by atoms with Gasteiger partial charge in [0.15, 0.2) is 0 Å². The Morgan fingerprint density at radius 2 is 1.61 bits per heavy atom. The van der Waals surface area contributed by atoms with Crippen molar-refractivity contribution in [3.8, 4) is 0 Å². The minimum absolute atomic E-state index is 0.0305. The van der Waals surface area contributed by atoms with Gasteiger partial charge in [-0.3, -0.25) is 48.2 Å². The molecule has 1 aromatic heterocycles. The van der Waals surface area contributed by atoms with Gasteiger partial charge in [0.25, 0.3) is 5.91 Å². The summed E-state index contributed by atoms with van der Waals surface area (Å²) in [4.78, 5) is 112. The van der Waals surface area contributed by atoms with Crippen LogP contribution in [0.3, 0.4) is 0 Å². The van der Waals surface area contributed by atoms with Crippen molar-refractivity contribution in [1.82, 2.24) is 40.3 Å². The third-order valence-corrected chi connectivity index (χ3v) is 16.1. The Morgan fingerprint density at radius 3 is 2.23 bits per heavy atom. The standard InChI is InChI=1S/C55H88N8O10S/c1-12-36(6)49(60(9)55(70)47(34(2)3)58-52(67)48(35(4)5)59(8)25-17-13-14-18-26-62-46(65)32-44(74)54(62)69)43(71-10)31-45(64)61-27-21-24-42(61)50(72-11)37(7)51(66)57-41(53(68)63-28-19-20-29-73-63)30-38-33-56-40-23-16-15-22-39(38)40/h15-16,22-23,33-37,41-44,47-50,56,74H,12-14,17-21,24-32H2,1-11H3,(H,57,66)(H,58,67)/t36-,37+,41-,42-,43+,44?,47-,48-,49-,50+/m0/s1. The van der Waals surface area contributed by atoms with Crippen molar-refractivity contribution in [3.05, 3.63) is 36.0 Å². The second kappa shape index (κ2) is 28.5. The van der Waals surface area contributed by atoms with Crippen LogP contribution in [-0.2, 0) is 54.3 Å². The summed E-state index contributed by atoms with van der Waals surface area (Å²) in [5.41, 5.74) is 1.82. The Hall–Kier alpha value is -4.56. The van der Waals surface area contributed by atoms with Gasteiger partial charge in [0, 0.05) is 70.8 Å². The minimum atomic E-state index is -0.910. The van der Waals surface area contributed by atoms with Gasteiger partial charge in [-0.15, -0.1) is 0 Å². The van der Waals surface area contributed by atoms with Gasteiger partial charge >= 0.3 is 0 Å². The number of likely N-dealkylation sites (N-methyl/N-ethyl adjacent to an activating group) is 2. The van der Waals surface area contributed by atoms with E-state index in [0.717, 1.165) is 48.6 Å². The van der Waals surface area contributed by atoms with Gasteiger partial charge in [0.2, 0.25) is 35.4 Å². The molecule has 3 saturated heterocycles. The number of amides is 7. The van der Waals surface area contributed by atoms with Crippen molar-refractivity contribution >= 4 is 64.9 Å². The first-order chi connectivity index (χ1) is 35.2. The number of nitrogens with zero attached hydrogens (tertiary/aromatic N) is 5. The number of aromatic nitrogens is 1. The first-order valence-electron chi connectivity index (χ1n) is 27.2. The molecule has 0 spiro atoms. The second-order valence-corrected chi connectivity index (χ2v) is 22.2. The topological polar surface area (TPSA) is 203 Å². The van der Waals surface area contributed by atoms with Crippen LogP contribution in [0.25, 0.3) is 10.9 Å². The highest BCUT2D eigenvalue weighted by molar-refractivity contribution is 7.81. The number of carbonyl (C=O) groups excluding carboxylic acids is 7. The van der Waals surface area contributed by atoms with E-state index in [2.05, 4.69) is 28.2 Å². The first kappa shape index (κ1) is 60.3. The molecule has 74 heavy (non-hydrogen) atoms. The third kappa shape index (κ3) is 15.1. The molecule has 2 aromatic rings. The monoisotopic (exact) mass is 1050 g/mol. The average molecular weight is 1050 g/mol. The number of ether oxygens (including phenoxy) is 2. The molecule has 3 fully saturated rings. The smallest absolute Gasteiger partial charge is 0.269 e. The van der Waals surface area contributed by atoms with Gasteiger partial charge in [-0.05, 0) is 81.5 Å². The number of unbranched alkanes of at least 4 members (excludes halogenated alkanes) is 3. The van der Waals surface area contributed by atoms with E-state index >= 15 is 0 Å². The lowest BCUT2D eigenvalue weighted by Crippen LogP contribution is -2.60. The van der Waals surface area contributed by atoms with Crippen LogP contribution in [0.4, 0.5) is 0 Å². The molecule has 3 N–H and O–H groups in total. The molecule has 414 valence electrons. The van der Waals surface area contributed by atoms with Gasteiger partial charge in [-0.25, -0.2) is 5.06 Å². The van der Waals surface area contributed by atoms with Gasteiger partial charge in [0.05, 0.1) is 54.5 Å². The summed E-state index contributed by atoms with van der Waals surface area (Å²) >= 11 is 4.21. The number of methoxy groups -OCH3 is 2. The quantitative estimate of drug-likeness (QED) is 0.0484. The van der Waals surface area contributed by atoms with E-state index in [4.69, 9.17) is 14.3 Å². The number of rotatable bonds is 28. The van der Waals surface area contributed by atoms with Crippen LogP contribution in [0.1, 0.15) is 125 Å². The van der Waals surface area contributed by atoms with E-state index < -0.39 is 53.6 Å². The molecule has 7 amide bonds. The Kier molecular flexibility index (Phi) is 23.3. The highest BCUT2D eigenvalue weighted by Gasteiger charge is 2.44. The summed E-state index contributed by atoms with van der Waals surface area (Å²) in [5, 5.41) is 7.96. The Labute approximate surface area is 445 Å². The molecule has 3 aliphatic rings. The average Bonchev–Trinajstić information content (AvgIpc) is 4.10. The fourth-order valence-corrected chi connectivity index (χ4v) is 11.6. The van der Waals surface area contributed by atoms with Crippen LogP contribution in [0, 0.1) is 23.7 Å². The van der Waals surface area contributed by atoms with Crippen molar-refractivity contribution in [3.63, 3.8) is 0 Å². The van der Waals surface area contributed by atoms with E-state index in [9.17, 15) is 33.6 Å². The van der Waals surface area contributed by atoms with Gasteiger partial charge in [0.1, 0.15) is 12.1 Å². The van der Waals surface area contributed by atoms with Gasteiger partial charge in [-0.1, -0.05) is 85.9 Å². The zero-order valence-corrected chi connectivity index (χ0v) is 47.0. The van der Waals surface area contributed by atoms with Crippen molar-refractivity contribution in [2.75, 3.05) is 61.1 Å². The number of carbonyl (C=O) groups is 7. The lowest BCUT2D eigenvalue weighted by molar-refractivity contribution is -0.199. The fourth-order valence-electron chi connectivity index (χ4n) is 11.3. The number of imide groups is 1. The molecule has 10 atom stereocenters. The zero-order valence-electron chi connectivity index (χ0n) is 46.1. The highest BCUT2D eigenvalue weighted by atomic mass is 32.1. The molecule has 0 radical (unpaired) electrons. The maximum atomic E-state index is 14.7. The lowest BCUT2D eigenvalue weighted by atomic mass is 9.89. The zero-order chi connectivity index (χ0) is 54.4. The fraction of sp³-hybridized carbons (Fsp3) is 0.727. The Balaban J connectivity index is 1.23. The minimum Gasteiger partial charge on any atom is -0.379 e. The number of nitrogens with one attached hydrogen (secondary N) is 3. The van der Waals surface area contributed by atoms with Gasteiger partial charge in [-0.2, -0.15) is 12.6 Å². The second-order valence-electron chi connectivity index (χ2n) is 21.6. The van der Waals surface area contributed by atoms with Crippen LogP contribution >= 0.6 is 12.6 Å². The summed E-state index contributed by atoms with van der Waals surface area (Å²) in [6.07, 6.45) is 7.72. The number of likely N-dealkylation sites (tertiary alicyclic amines) is 2. The maximum absolute atomic E-state index is 14.7. The molecule has 0 aliphatic carbocycles. The van der Waals surface area contributed by atoms with E-state index in [1.165, 1.54) is 9.96 Å². The predicted octanol–water partition coefficient (Wildman–Crippen LogP) is 5.38. The number of hydrogen-bond acceptors (Lipinski definition) is 12. The van der Waals surface area contributed by atoms with E-state index in [0.29, 0.717) is 58.5 Å². The Bertz CT molecular complexity index is 2200. The molecule has 0 saturated carbocycles. The number of hydroxylamine groups is 2. The predicted molar refractivity (Wildman–Crippen MR) is 288 cm³/mol. The summed E-state index contributed by atoms with van der Waals surface area (Å²) in [6, 6.07) is 4.60.